The molecule has 0 amide bonds. The van der Waals surface area contributed by atoms with Crippen molar-refractivity contribution in [3.63, 3.8) is 0 Å². The van der Waals surface area contributed by atoms with Crippen molar-refractivity contribution in [2.24, 2.45) is 5.92 Å². The van der Waals surface area contributed by atoms with E-state index in [1.807, 2.05) is 32.8 Å². The van der Waals surface area contributed by atoms with E-state index in [9.17, 15) is 12.8 Å². The molecule has 0 bridgehead atoms. The molecule has 0 saturated heterocycles. The first kappa shape index (κ1) is 17.9. The summed E-state index contributed by atoms with van der Waals surface area (Å²) in [6, 6.07) is 3.53. The second-order valence-corrected chi connectivity index (χ2v) is 7.54. The second-order valence-electron chi connectivity index (χ2n) is 5.86. The molecule has 0 aliphatic carbocycles. The molecule has 0 spiro atoms. The molecule has 1 aromatic rings. The number of nitrogens with zero attached hydrogens (tertiary/aromatic N) is 1. The number of rotatable bonds is 7. The number of hydrogen-bond acceptors (Lipinski definition) is 4. The van der Waals surface area contributed by atoms with Crippen molar-refractivity contribution >= 4 is 15.7 Å². The summed E-state index contributed by atoms with van der Waals surface area (Å²) in [5.41, 5.74) is 5.19. The van der Waals surface area contributed by atoms with Gasteiger partial charge in [0.1, 0.15) is 10.7 Å². The number of likely N-dealkylation sites (N-methyl/N-ethyl adjacent to an activating group) is 1. The van der Waals surface area contributed by atoms with Crippen LogP contribution in [0.3, 0.4) is 0 Å². The normalized spacial score (nSPS) is 13.9. The van der Waals surface area contributed by atoms with Crippen molar-refractivity contribution in [3.8, 4) is 0 Å². The van der Waals surface area contributed by atoms with E-state index in [1.54, 1.807) is 0 Å². The molecule has 1 unspecified atom stereocenters. The first-order valence-corrected chi connectivity index (χ1v) is 8.33. The van der Waals surface area contributed by atoms with Crippen molar-refractivity contribution in [1.82, 2.24) is 9.62 Å². The Morgan fingerprint density at radius 2 is 1.95 bits per heavy atom. The lowest BCUT2D eigenvalue weighted by Crippen LogP contribution is -2.42. The third-order valence-corrected chi connectivity index (χ3v) is 4.54. The number of anilines is 1. The van der Waals surface area contributed by atoms with Gasteiger partial charge in [-0.25, -0.2) is 17.5 Å². The molecule has 0 saturated carbocycles. The van der Waals surface area contributed by atoms with E-state index in [1.165, 1.54) is 12.1 Å². The Hall–Kier alpha value is -1.18. The van der Waals surface area contributed by atoms with E-state index in [0.717, 1.165) is 6.07 Å². The Bertz CT molecular complexity index is 564. The maximum absolute atomic E-state index is 13.4. The topological polar surface area (TPSA) is 75.4 Å². The molecule has 0 aliphatic heterocycles. The summed E-state index contributed by atoms with van der Waals surface area (Å²) in [5.74, 6) is -0.395. The van der Waals surface area contributed by atoms with E-state index in [0.29, 0.717) is 18.9 Å². The van der Waals surface area contributed by atoms with Crippen molar-refractivity contribution < 1.29 is 12.8 Å². The maximum atomic E-state index is 13.4. The SMILES string of the molecule is CC(C)CC(CN(C)C)NS(=O)(=O)c1cccc(F)c1N. The zero-order valence-corrected chi connectivity index (χ0v) is 13.7. The Labute approximate surface area is 126 Å². The predicted octanol–water partition coefficient (Wildman–Crippen LogP) is 1.66. The van der Waals surface area contributed by atoms with Gasteiger partial charge in [-0.1, -0.05) is 19.9 Å². The summed E-state index contributed by atoms with van der Waals surface area (Å²) in [4.78, 5) is 1.69. The van der Waals surface area contributed by atoms with E-state index >= 15 is 0 Å². The highest BCUT2D eigenvalue weighted by Gasteiger charge is 2.24. The highest BCUT2D eigenvalue weighted by molar-refractivity contribution is 7.89. The van der Waals surface area contributed by atoms with Crippen LogP contribution in [0.15, 0.2) is 23.1 Å². The predicted molar refractivity (Wildman–Crippen MR) is 82.9 cm³/mol. The molecule has 1 rings (SSSR count). The number of para-hydroxylation sites is 1. The summed E-state index contributed by atoms with van der Waals surface area (Å²) in [5, 5.41) is 0. The summed E-state index contributed by atoms with van der Waals surface area (Å²) >= 11 is 0. The first-order valence-electron chi connectivity index (χ1n) is 6.84. The minimum Gasteiger partial charge on any atom is -0.395 e. The minimum absolute atomic E-state index is 0.213. The Morgan fingerprint density at radius 1 is 1.33 bits per heavy atom. The van der Waals surface area contributed by atoms with Crippen LogP contribution < -0.4 is 10.5 Å². The smallest absolute Gasteiger partial charge is 0.243 e. The van der Waals surface area contributed by atoms with Crippen molar-refractivity contribution in [1.29, 1.82) is 0 Å². The van der Waals surface area contributed by atoms with Crippen molar-refractivity contribution in [2.45, 2.75) is 31.2 Å². The second kappa shape index (κ2) is 7.20. The largest absolute Gasteiger partial charge is 0.395 e. The van der Waals surface area contributed by atoms with Crippen LogP contribution in [-0.2, 0) is 10.0 Å². The van der Waals surface area contributed by atoms with Crippen LogP contribution in [0.2, 0.25) is 0 Å². The maximum Gasteiger partial charge on any atom is 0.243 e. The van der Waals surface area contributed by atoms with E-state index in [2.05, 4.69) is 4.72 Å². The van der Waals surface area contributed by atoms with Crippen LogP contribution in [0.4, 0.5) is 10.1 Å². The lowest BCUT2D eigenvalue weighted by Gasteiger charge is -2.24. The molecule has 0 radical (unpaired) electrons. The van der Waals surface area contributed by atoms with Gasteiger partial charge in [0.15, 0.2) is 0 Å². The number of sulfonamides is 1. The lowest BCUT2D eigenvalue weighted by molar-refractivity contribution is 0.329. The summed E-state index contributed by atoms with van der Waals surface area (Å²) < 4.78 is 40.9. The van der Waals surface area contributed by atoms with E-state index in [-0.39, 0.29) is 16.6 Å². The van der Waals surface area contributed by atoms with Gasteiger partial charge in [-0.2, -0.15) is 0 Å². The zero-order valence-electron chi connectivity index (χ0n) is 12.9. The quantitative estimate of drug-likeness (QED) is 0.750. The van der Waals surface area contributed by atoms with Crippen LogP contribution >= 0.6 is 0 Å². The van der Waals surface area contributed by atoms with Gasteiger partial charge in [-0.05, 0) is 38.6 Å². The van der Waals surface area contributed by atoms with Gasteiger partial charge < -0.3 is 10.6 Å². The number of hydrogen-bond donors (Lipinski definition) is 2. The molecule has 0 aliphatic rings. The van der Waals surface area contributed by atoms with Gasteiger partial charge in [0.05, 0.1) is 5.69 Å². The molecule has 7 heteroatoms. The third kappa shape index (κ3) is 5.26. The molecule has 0 fully saturated rings. The fourth-order valence-electron chi connectivity index (χ4n) is 2.20. The number of nitrogens with one attached hydrogen (secondary N) is 1. The van der Waals surface area contributed by atoms with Crippen LogP contribution in [0, 0.1) is 11.7 Å². The minimum atomic E-state index is -3.85. The molecule has 1 aromatic carbocycles. The van der Waals surface area contributed by atoms with Gasteiger partial charge in [-0.15, -0.1) is 0 Å². The molecule has 21 heavy (non-hydrogen) atoms. The Morgan fingerprint density at radius 3 is 2.48 bits per heavy atom. The van der Waals surface area contributed by atoms with Gasteiger partial charge >= 0.3 is 0 Å². The van der Waals surface area contributed by atoms with Crippen molar-refractivity contribution in [2.75, 3.05) is 26.4 Å². The van der Waals surface area contributed by atoms with Crippen LogP contribution in [-0.4, -0.2) is 40.0 Å². The molecule has 0 heterocycles. The first-order chi connectivity index (χ1) is 9.63. The molecule has 1 atom stereocenters. The fourth-order valence-corrected chi connectivity index (χ4v) is 3.59. The van der Waals surface area contributed by atoms with E-state index < -0.39 is 15.8 Å². The highest BCUT2D eigenvalue weighted by Crippen LogP contribution is 2.21. The van der Waals surface area contributed by atoms with Crippen LogP contribution in [0.5, 0.6) is 0 Å². The number of benzene rings is 1. The Balaban J connectivity index is 3.02. The Kier molecular flexibility index (Phi) is 6.12. The van der Waals surface area contributed by atoms with Gasteiger partial charge in [-0.3, -0.25) is 0 Å². The molecule has 3 N–H and O–H groups in total. The van der Waals surface area contributed by atoms with Gasteiger partial charge in [0.25, 0.3) is 0 Å². The average Bonchev–Trinajstić information content (AvgIpc) is 2.29. The molecule has 120 valence electrons. The third-order valence-electron chi connectivity index (χ3n) is 2.97. The van der Waals surface area contributed by atoms with Gasteiger partial charge in [0, 0.05) is 12.6 Å². The standard InChI is InChI=1S/C14H24FN3O2S/c1-10(2)8-11(9-18(3)4)17-21(19,20)13-7-5-6-12(15)14(13)16/h5-7,10-11,17H,8-9,16H2,1-4H3. The van der Waals surface area contributed by atoms with Crippen LogP contribution in [0.25, 0.3) is 0 Å². The number of halogens is 1. The molecule has 0 aromatic heterocycles. The van der Waals surface area contributed by atoms with E-state index in [4.69, 9.17) is 5.73 Å². The van der Waals surface area contributed by atoms with Crippen LogP contribution in [0.1, 0.15) is 20.3 Å². The summed E-state index contributed by atoms with van der Waals surface area (Å²) in [7, 11) is -0.0992. The number of nitrogens with two attached hydrogens (primary N) is 1. The zero-order chi connectivity index (χ0) is 16.2. The summed E-state index contributed by atoms with van der Waals surface area (Å²) in [6.45, 7) is 4.60. The highest BCUT2D eigenvalue weighted by atomic mass is 32.2. The number of nitrogen functional groups attached to an aromatic ring is 1. The van der Waals surface area contributed by atoms with Crippen molar-refractivity contribution in [3.05, 3.63) is 24.0 Å². The average molecular weight is 317 g/mol. The molecular formula is C14H24FN3O2S. The summed E-state index contributed by atoms with van der Waals surface area (Å²) in [6.07, 6.45) is 0.687. The lowest BCUT2D eigenvalue weighted by atomic mass is 10.0. The van der Waals surface area contributed by atoms with Gasteiger partial charge in [0.2, 0.25) is 10.0 Å². The molecular weight excluding hydrogens is 293 g/mol. The monoisotopic (exact) mass is 317 g/mol. The molecule has 5 nitrogen and oxygen atoms in total. The fraction of sp³-hybridized carbons (Fsp3) is 0.571.